The summed E-state index contributed by atoms with van der Waals surface area (Å²) in [7, 11) is 0. The molecular formula is C16H25N3. The Balaban J connectivity index is 1.63. The van der Waals surface area contributed by atoms with Crippen LogP contribution in [0.1, 0.15) is 49.4 Å². The lowest BCUT2D eigenvalue weighted by Gasteiger charge is -2.54. The highest BCUT2D eigenvalue weighted by Gasteiger charge is 2.49. The summed E-state index contributed by atoms with van der Waals surface area (Å²) in [4.78, 5) is 0. The summed E-state index contributed by atoms with van der Waals surface area (Å²) in [6.45, 7) is 2.87. The van der Waals surface area contributed by atoms with E-state index in [9.17, 15) is 0 Å². The Hall–Kier alpha value is -0.830. The fourth-order valence-corrected chi connectivity index (χ4v) is 5.40. The monoisotopic (exact) mass is 259 g/mol. The summed E-state index contributed by atoms with van der Waals surface area (Å²) in [5.41, 5.74) is 8.25. The fourth-order valence-electron chi connectivity index (χ4n) is 5.40. The summed E-state index contributed by atoms with van der Waals surface area (Å²) in [5.74, 6) is 3.89. The Morgan fingerprint density at radius 3 is 2.37 bits per heavy atom. The molecule has 1 aromatic heterocycles. The van der Waals surface area contributed by atoms with Crippen LogP contribution in [0.25, 0.3) is 0 Å². The first-order valence-corrected chi connectivity index (χ1v) is 7.99. The summed E-state index contributed by atoms with van der Waals surface area (Å²) in [6.07, 6.45) is 10.6. The molecule has 0 aromatic carbocycles. The van der Waals surface area contributed by atoms with E-state index < -0.39 is 0 Å². The van der Waals surface area contributed by atoms with Crippen molar-refractivity contribution in [2.45, 2.75) is 51.5 Å². The minimum absolute atomic E-state index is 0.693. The molecule has 0 radical (unpaired) electrons. The van der Waals surface area contributed by atoms with E-state index in [4.69, 9.17) is 10.8 Å². The molecule has 1 heterocycles. The van der Waals surface area contributed by atoms with Crippen LogP contribution in [0.4, 0.5) is 0 Å². The van der Waals surface area contributed by atoms with Crippen LogP contribution in [0.3, 0.4) is 0 Å². The van der Waals surface area contributed by atoms with Gasteiger partial charge in [-0.1, -0.05) is 0 Å². The molecule has 4 aliphatic carbocycles. The number of hydrogen-bond donors (Lipinski definition) is 1. The SMILES string of the molecule is Cc1nn(C2C3CC4CC(C3)CC2C4)cc1CCN. The number of rotatable bonds is 3. The maximum absolute atomic E-state index is 5.70. The maximum atomic E-state index is 5.70. The van der Waals surface area contributed by atoms with Gasteiger partial charge in [0, 0.05) is 6.20 Å². The van der Waals surface area contributed by atoms with E-state index in [0.29, 0.717) is 6.04 Å². The van der Waals surface area contributed by atoms with Crippen molar-refractivity contribution in [1.82, 2.24) is 9.78 Å². The molecule has 0 spiro atoms. The normalized spacial score (nSPS) is 40.0. The molecule has 0 amide bonds. The first kappa shape index (κ1) is 12.0. The third kappa shape index (κ3) is 1.85. The second kappa shape index (κ2) is 4.34. The number of aromatic nitrogens is 2. The Labute approximate surface area is 115 Å². The molecule has 3 nitrogen and oxygen atoms in total. The van der Waals surface area contributed by atoms with Crippen LogP contribution in [0.5, 0.6) is 0 Å². The zero-order chi connectivity index (χ0) is 13.0. The number of hydrogen-bond acceptors (Lipinski definition) is 2. The van der Waals surface area contributed by atoms with Crippen molar-refractivity contribution in [3.63, 3.8) is 0 Å². The maximum Gasteiger partial charge on any atom is 0.0626 e. The number of aryl methyl sites for hydroxylation is 1. The van der Waals surface area contributed by atoms with E-state index in [-0.39, 0.29) is 0 Å². The molecule has 104 valence electrons. The molecule has 4 fully saturated rings. The smallest absolute Gasteiger partial charge is 0.0626 e. The Bertz CT molecular complexity index is 448. The largest absolute Gasteiger partial charge is 0.330 e. The molecule has 4 bridgehead atoms. The van der Waals surface area contributed by atoms with Crippen LogP contribution in [0.2, 0.25) is 0 Å². The summed E-state index contributed by atoms with van der Waals surface area (Å²) in [6, 6.07) is 0.693. The van der Waals surface area contributed by atoms with Crippen molar-refractivity contribution in [1.29, 1.82) is 0 Å². The molecule has 5 rings (SSSR count). The Kier molecular flexibility index (Phi) is 2.73. The molecule has 0 unspecified atom stereocenters. The van der Waals surface area contributed by atoms with Gasteiger partial charge in [-0.2, -0.15) is 5.10 Å². The predicted octanol–water partition coefficient (Wildman–Crippen LogP) is 2.69. The third-order valence-electron chi connectivity index (χ3n) is 5.91. The van der Waals surface area contributed by atoms with Crippen molar-refractivity contribution in [3.8, 4) is 0 Å². The Morgan fingerprint density at radius 1 is 1.16 bits per heavy atom. The zero-order valence-corrected chi connectivity index (χ0v) is 11.9. The molecule has 1 aromatic rings. The van der Waals surface area contributed by atoms with Crippen LogP contribution >= 0.6 is 0 Å². The topological polar surface area (TPSA) is 43.8 Å². The standard InChI is InChI=1S/C16H25N3/c1-10-13(2-3-17)9-19(18-10)16-14-5-11-4-12(7-14)8-15(16)6-11/h9,11-12,14-16H,2-8,17H2,1H3. The second-order valence-corrected chi connectivity index (χ2v) is 7.18. The van der Waals surface area contributed by atoms with Gasteiger partial charge in [0.2, 0.25) is 0 Å². The van der Waals surface area contributed by atoms with Crippen LogP contribution < -0.4 is 5.73 Å². The van der Waals surface area contributed by atoms with E-state index in [2.05, 4.69) is 17.8 Å². The predicted molar refractivity (Wildman–Crippen MR) is 75.8 cm³/mol. The highest BCUT2D eigenvalue weighted by Crippen LogP contribution is 2.58. The first-order valence-electron chi connectivity index (χ1n) is 7.99. The van der Waals surface area contributed by atoms with Gasteiger partial charge in [-0.3, -0.25) is 4.68 Å². The van der Waals surface area contributed by atoms with E-state index in [1.807, 2.05) is 0 Å². The van der Waals surface area contributed by atoms with Gasteiger partial charge in [-0.15, -0.1) is 0 Å². The van der Waals surface area contributed by atoms with Gasteiger partial charge < -0.3 is 5.73 Å². The third-order valence-corrected chi connectivity index (χ3v) is 5.91. The van der Waals surface area contributed by atoms with Crippen LogP contribution in [0.15, 0.2) is 6.20 Å². The molecular weight excluding hydrogens is 234 g/mol. The molecule has 0 aliphatic heterocycles. The molecule has 2 N–H and O–H groups in total. The van der Waals surface area contributed by atoms with E-state index in [0.717, 1.165) is 36.6 Å². The van der Waals surface area contributed by atoms with Crippen molar-refractivity contribution in [3.05, 3.63) is 17.5 Å². The fraction of sp³-hybridized carbons (Fsp3) is 0.812. The lowest BCUT2D eigenvalue weighted by molar-refractivity contribution is -0.0337. The highest BCUT2D eigenvalue weighted by molar-refractivity contribution is 5.17. The number of nitrogens with zero attached hydrogens (tertiary/aromatic N) is 2. The van der Waals surface area contributed by atoms with Gasteiger partial charge in [0.05, 0.1) is 11.7 Å². The first-order chi connectivity index (χ1) is 9.24. The van der Waals surface area contributed by atoms with Gasteiger partial charge >= 0.3 is 0 Å². The quantitative estimate of drug-likeness (QED) is 0.907. The summed E-state index contributed by atoms with van der Waals surface area (Å²) >= 11 is 0. The van der Waals surface area contributed by atoms with Crippen LogP contribution in [-0.2, 0) is 6.42 Å². The molecule has 3 heteroatoms. The number of nitrogens with two attached hydrogens (primary N) is 1. The van der Waals surface area contributed by atoms with Crippen molar-refractivity contribution >= 4 is 0 Å². The average Bonchev–Trinajstić information content (AvgIpc) is 2.70. The van der Waals surface area contributed by atoms with Gasteiger partial charge in [0.15, 0.2) is 0 Å². The minimum Gasteiger partial charge on any atom is -0.330 e. The molecule has 0 saturated heterocycles. The van der Waals surface area contributed by atoms with Crippen molar-refractivity contribution < 1.29 is 0 Å². The second-order valence-electron chi connectivity index (χ2n) is 7.18. The summed E-state index contributed by atoms with van der Waals surface area (Å²) in [5, 5.41) is 4.84. The van der Waals surface area contributed by atoms with Crippen molar-refractivity contribution in [2.24, 2.45) is 29.4 Å². The summed E-state index contributed by atoms with van der Waals surface area (Å²) < 4.78 is 2.33. The Morgan fingerprint density at radius 2 is 1.79 bits per heavy atom. The van der Waals surface area contributed by atoms with Crippen LogP contribution in [-0.4, -0.2) is 16.3 Å². The van der Waals surface area contributed by atoms with Crippen LogP contribution in [0, 0.1) is 30.6 Å². The molecule has 0 atom stereocenters. The molecule has 19 heavy (non-hydrogen) atoms. The van der Waals surface area contributed by atoms with E-state index in [1.54, 1.807) is 0 Å². The lowest BCUT2D eigenvalue weighted by Crippen LogP contribution is -2.46. The van der Waals surface area contributed by atoms with E-state index >= 15 is 0 Å². The van der Waals surface area contributed by atoms with Gasteiger partial charge in [-0.25, -0.2) is 0 Å². The lowest BCUT2D eigenvalue weighted by atomic mass is 9.54. The zero-order valence-electron chi connectivity index (χ0n) is 11.9. The molecule has 4 aliphatic rings. The highest BCUT2D eigenvalue weighted by atomic mass is 15.3. The average molecular weight is 259 g/mol. The van der Waals surface area contributed by atoms with Crippen molar-refractivity contribution in [2.75, 3.05) is 6.54 Å². The van der Waals surface area contributed by atoms with E-state index in [1.165, 1.54) is 43.4 Å². The van der Waals surface area contributed by atoms with Gasteiger partial charge in [0.25, 0.3) is 0 Å². The minimum atomic E-state index is 0.693. The van der Waals surface area contributed by atoms with Gasteiger partial charge in [0.1, 0.15) is 0 Å². The van der Waals surface area contributed by atoms with Gasteiger partial charge in [-0.05, 0) is 81.2 Å². The molecule has 4 saturated carbocycles.